The number of nitrogens with one attached hydrogen (secondary N) is 2. The van der Waals surface area contributed by atoms with Crippen LogP contribution in [0.15, 0.2) is 51.7 Å². The van der Waals surface area contributed by atoms with Gasteiger partial charge in [-0.1, -0.05) is 41.3 Å². The molecule has 7 nitrogen and oxygen atoms in total. The molecule has 0 spiro atoms. The summed E-state index contributed by atoms with van der Waals surface area (Å²) in [6.07, 6.45) is 0.754. The van der Waals surface area contributed by atoms with Gasteiger partial charge in [0.15, 0.2) is 0 Å². The van der Waals surface area contributed by atoms with Crippen LogP contribution in [0, 0.1) is 5.92 Å². The van der Waals surface area contributed by atoms with Crippen LogP contribution in [0.1, 0.15) is 17.8 Å². The fourth-order valence-electron chi connectivity index (χ4n) is 4.13. The molecule has 1 unspecified atom stereocenters. The number of H-pyrrole nitrogens is 1. The molecule has 3 heterocycles. The minimum Gasteiger partial charge on any atom is -0.449 e. The second-order valence-electron chi connectivity index (χ2n) is 8.11. The lowest BCUT2D eigenvalue weighted by Crippen LogP contribution is -2.32. The van der Waals surface area contributed by atoms with Gasteiger partial charge in [-0.05, 0) is 36.7 Å². The molecule has 1 fully saturated rings. The number of benzene rings is 2. The Balaban J connectivity index is 1.26. The van der Waals surface area contributed by atoms with E-state index in [-0.39, 0.29) is 23.0 Å². The lowest BCUT2D eigenvalue weighted by Gasteiger charge is -2.15. The van der Waals surface area contributed by atoms with Gasteiger partial charge in [0.2, 0.25) is 11.5 Å². The predicted octanol–water partition coefficient (Wildman–Crippen LogP) is 2.25. The summed E-state index contributed by atoms with van der Waals surface area (Å²) in [4.78, 5) is 34.7. The molecule has 0 saturated carbocycles. The topological polar surface area (TPSA) is 91.2 Å². The summed E-state index contributed by atoms with van der Waals surface area (Å²) in [7, 11) is 5.89. The van der Waals surface area contributed by atoms with E-state index in [0.29, 0.717) is 52.4 Å². The van der Waals surface area contributed by atoms with E-state index in [1.165, 1.54) is 0 Å². The van der Waals surface area contributed by atoms with Crippen LogP contribution in [0.4, 0.5) is 0 Å². The SMILES string of the molecule is [B]c1ccc2oc3c(=O)[nH]c(CN4CCC(C(=O)NCc5ccc(Cl)cc5)C4)nc3c2c1. The van der Waals surface area contributed by atoms with Crippen LogP contribution in [-0.2, 0) is 17.9 Å². The smallest absolute Gasteiger partial charge is 0.294 e. The van der Waals surface area contributed by atoms with Crippen molar-refractivity contribution < 1.29 is 9.21 Å². The Bertz CT molecular complexity index is 1370. The maximum Gasteiger partial charge on any atom is 0.294 e. The van der Waals surface area contributed by atoms with Crippen LogP contribution in [0.2, 0.25) is 5.02 Å². The number of hydrogen-bond acceptors (Lipinski definition) is 5. The lowest BCUT2D eigenvalue weighted by molar-refractivity contribution is -0.124. The van der Waals surface area contributed by atoms with Crippen molar-refractivity contribution >= 4 is 52.9 Å². The third-order valence-electron chi connectivity index (χ3n) is 5.79. The molecule has 0 aliphatic carbocycles. The van der Waals surface area contributed by atoms with E-state index in [4.69, 9.17) is 23.9 Å². The number of rotatable bonds is 5. The van der Waals surface area contributed by atoms with Crippen molar-refractivity contribution in [2.45, 2.75) is 19.5 Å². The van der Waals surface area contributed by atoms with Crippen molar-refractivity contribution in [3.63, 3.8) is 0 Å². The number of carbonyl (C=O) groups excluding carboxylic acids is 1. The number of aromatic nitrogens is 2. The number of nitrogens with zero attached hydrogens (tertiary/aromatic N) is 2. The van der Waals surface area contributed by atoms with Gasteiger partial charge < -0.3 is 14.7 Å². The van der Waals surface area contributed by atoms with Crippen molar-refractivity contribution in [2.75, 3.05) is 13.1 Å². The number of halogens is 1. The first-order chi connectivity index (χ1) is 15.5. The number of amides is 1. The molecule has 1 aliphatic rings. The summed E-state index contributed by atoms with van der Waals surface area (Å²) >= 11 is 5.90. The Labute approximate surface area is 190 Å². The van der Waals surface area contributed by atoms with Crippen LogP contribution < -0.4 is 16.3 Å². The third kappa shape index (κ3) is 4.16. The lowest BCUT2D eigenvalue weighted by atomic mass is 9.95. The van der Waals surface area contributed by atoms with Gasteiger partial charge in [0.1, 0.15) is 24.8 Å². The number of likely N-dealkylation sites (tertiary alicyclic amines) is 1. The van der Waals surface area contributed by atoms with E-state index in [1.807, 2.05) is 24.3 Å². The van der Waals surface area contributed by atoms with Crippen molar-refractivity contribution in [1.82, 2.24) is 20.2 Å². The highest BCUT2D eigenvalue weighted by Gasteiger charge is 2.28. The van der Waals surface area contributed by atoms with E-state index in [1.54, 1.807) is 18.2 Å². The molecule has 9 heteroatoms. The van der Waals surface area contributed by atoms with Crippen molar-refractivity contribution in [2.24, 2.45) is 5.92 Å². The maximum atomic E-state index is 12.6. The zero-order valence-corrected chi connectivity index (χ0v) is 18.0. The van der Waals surface area contributed by atoms with Gasteiger partial charge in [-0.2, -0.15) is 0 Å². The molecule has 2 aromatic heterocycles. The molecule has 1 atom stereocenters. The highest BCUT2D eigenvalue weighted by molar-refractivity contribution is 6.33. The maximum absolute atomic E-state index is 12.6. The Hall–Kier alpha value is -3.10. The number of hydrogen-bond donors (Lipinski definition) is 2. The van der Waals surface area contributed by atoms with Crippen LogP contribution in [0.5, 0.6) is 0 Å². The molecular weight excluding hydrogens is 427 g/mol. The summed E-state index contributed by atoms with van der Waals surface area (Å²) in [5.41, 5.74) is 2.52. The Morgan fingerprint density at radius 1 is 1.28 bits per heavy atom. The molecule has 5 rings (SSSR count). The molecule has 1 amide bonds. The first-order valence-corrected chi connectivity index (χ1v) is 10.8. The number of aromatic amines is 1. The molecule has 160 valence electrons. The van der Waals surface area contributed by atoms with E-state index in [0.717, 1.165) is 18.5 Å². The van der Waals surface area contributed by atoms with E-state index in [2.05, 4.69) is 20.2 Å². The number of carbonyl (C=O) groups is 1. The Kier molecular flexibility index (Phi) is 5.49. The van der Waals surface area contributed by atoms with Gasteiger partial charge in [-0.3, -0.25) is 14.5 Å². The van der Waals surface area contributed by atoms with E-state index >= 15 is 0 Å². The fraction of sp³-hybridized carbons (Fsp3) is 0.261. The summed E-state index contributed by atoms with van der Waals surface area (Å²) in [5, 5.41) is 4.38. The zero-order valence-electron chi connectivity index (χ0n) is 17.2. The van der Waals surface area contributed by atoms with Gasteiger partial charge in [-0.25, -0.2) is 4.98 Å². The second-order valence-corrected chi connectivity index (χ2v) is 8.55. The minimum atomic E-state index is -0.323. The summed E-state index contributed by atoms with van der Waals surface area (Å²) < 4.78 is 5.65. The molecule has 1 aliphatic heterocycles. The van der Waals surface area contributed by atoms with E-state index < -0.39 is 0 Å². The summed E-state index contributed by atoms with van der Waals surface area (Å²) in [5.74, 6) is 0.456. The fourth-order valence-corrected chi connectivity index (χ4v) is 4.26. The molecule has 4 aromatic rings. The monoisotopic (exact) mass is 446 g/mol. The van der Waals surface area contributed by atoms with Crippen molar-refractivity contribution in [3.8, 4) is 0 Å². The molecule has 32 heavy (non-hydrogen) atoms. The van der Waals surface area contributed by atoms with Crippen LogP contribution >= 0.6 is 11.6 Å². The first-order valence-electron chi connectivity index (χ1n) is 10.4. The average molecular weight is 447 g/mol. The quantitative estimate of drug-likeness (QED) is 0.459. The second kappa shape index (κ2) is 8.45. The van der Waals surface area contributed by atoms with Gasteiger partial charge >= 0.3 is 0 Å². The highest BCUT2D eigenvalue weighted by Crippen LogP contribution is 2.24. The molecule has 1 saturated heterocycles. The van der Waals surface area contributed by atoms with Gasteiger partial charge in [0.25, 0.3) is 5.56 Å². The van der Waals surface area contributed by atoms with Crippen LogP contribution in [0.25, 0.3) is 22.1 Å². The van der Waals surface area contributed by atoms with E-state index in [9.17, 15) is 9.59 Å². The first kappa shape index (κ1) is 20.8. The van der Waals surface area contributed by atoms with Gasteiger partial charge in [-0.15, -0.1) is 0 Å². The normalized spacial score (nSPS) is 16.7. The van der Waals surface area contributed by atoms with Crippen LogP contribution in [-0.4, -0.2) is 41.7 Å². The van der Waals surface area contributed by atoms with Crippen LogP contribution in [0.3, 0.4) is 0 Å². The Morgan fingerprint density at radius 3 is 2.91 bits per heavy atom. The molecule has 2 aromatic carbocycles. The average Bonchev–Trinajstić information content (AvgIpc) is 3.38. The van der Waals surface area contributed by atoms with Gasteiger partial charge in [0, 0.05) is 23.5 Å². The summed E-state index contributed by atoms with van der Waals surface area (Å²) in [6, 6.07) is 12.6. The molecule has 2 N–H and O–H groups in total. The Morgan fingerprint density at radius 2 is 2.09 bits per heavy atom. The summed E-state index contributed by atoms with van der Waals surface area (Å²) in [6.45, 7) is 2.27. The van der Waals surface area contributed by atoms with Crippen molar-refractivity contribution in [3.05, 3.63) is 69.2 Å². The minimum absolute atomic E-state index is 0.0238. The number of furan rings is 1. The molecule has 0 bridgehead atoms. The predicted molar refractivity (Wildman–Crippen MR) is 124 cm³/mol. The highest BCUT2D eigenvalue weighted by atomic mass is 35.5. The molecular formula is C23H20BClN4O3. The largest absolute Gasteiger partial charge is 0.449 e. The van der Waals surface area contributed by atoms with Gasteiger partial charge in [0.05, 0.1) is 12.5 Å². The standard InChI is InChI=1S/C23H20BClN4O3/c24-15-3-6-18-17(9-15)20-21(32-18)23(31)28-19(27-20)12-29-8-7-14(11-29)22(30)26-10-13-1-4-16(25)5-2-13/h1-6,9,14H,7-8,10-12H2,(H,26,30)(H,27,28,31). The number of fused-ring (bicyclic) bond motifs is 3. The third-order valence-corrected chi connectivity index (χ3v) is 6.05. The molecule has 2 radical (unpaired) electrons. The van der Waals surface area contributed by atoms with Crippen molar-refractivity contribution in [1.29, 1.82) is 0 Å². The zero-order chi connectivity index (χ0) is 22.2.